The number of ether oxygens (including phenoxy) is 2. The van der Waals surface area contributed by atoms with Crippen LogP contribution in [-0.4, -0.2) is 36.0 Å². The highest BCUT2D eigenvalue weighted by molar-refractivity contribution is 5.19. The van der Waals surface area contributed by atoms with Crippen LogP contribution < -0.4 is 0 Å². The predicted molar refractivity (Wildman–Crippen MR) is 52.2 cm³/mol. The highest BCUT2D eigenvalue weighted by Crippen LogP contribution is 2.23. The highest BCUT2D eigenvalue weighted by atomic mass is 16.5. The van der Waals surface area contributed by atoms with Crippen molar-refractivity contribution in [1.82, 2.24) is 9.55 Å². The summed E-state index contributed by atoms with van der Waals surface area (Å²) in [7, 11) is 5.48. The lowest BCUT2D eigenvalue weighted by Crippen LogP contribution is -2.38. The number of methoxy groups -OCH3 is 2. The Kier molecular flexibility index (Phi) is 2.56. The van der Waals surface area contributed by atoms with Crippen LogP contribution in [0.3, 0.4) is 0 Å². The number of nitrogens with zero attached hydrogens (tertiary/aromatic N) is 2. The van der Waals surface area contributed by atoms with Crippen molar-refractivity contribution >= 4 is 0 Å². The van der Waals surface area contributed by atoms with Crippen LogP contribution in [-0.2, 0) is 29.4 Å². The minimum atomic E-state index is 0.141. The summed E-state index contributed by atoms with van der Waals surface area (Å²) in [5, 5.41) is 0. The van der Waals surface area contributed by atoms with Gasteiger partial charge in [-0.1, -0.05) is 0 Å². The Bertz CT molecular complexity index is 322. The molecule has 0 radical (unpaired) electrons. The van der Waals surface area contributed by atoms with Crippen LogP contribution in [0, 0.1) is 0 Å². The van der Waals surface area contributed by atoms with Crippen molar-refractivity contribution in [3.05, 3.63) is 17.7 Å². The van der Waals surface area contributed by atoms with Gasteiger partial charge < -0.3 is 14.0 Å². The van der Waals surface area contributed by atoms with Gasteiger partial charge in [-0.05, 0) is 0 Å². The molecule has 1 heterocycles. The lowest BCUT2D eigenvalue weighted by Gasteiger charge is -2.29. The van der Waals surface area contributed by atoms with Crippen LogP contribution in [0.5, 0.6) is 0 Å². The van der Waals surface area contributed by atoms with E-state index in [-0.39, 0.29) is 12.2 Å². The van der Waals surface area contributed by atoms with Gasteiger partial charge in [-0.15, -0.1) is 0 Å². The summed E-state index contributed by atoms with van der Waals surface area (Å²) in [6, 6.07) is 0. The third-order valence-electron chi connectivity index (χ3n) is 2.95. The van der Waals surface area contributed by atoms with Gasteiger partial charge in [0, 0.05) is 39.8 Å². The van der Waals surface area contributed by atoms with E-state index in [9.17, 15) is 0 Å². The molecule has 0 fully saturated rings. The maximum atomic E-state index is 5.41. The molecule has 0 saturated carbocycles. The summed E-state index contributed by atoms with van der Waals surface area (Å²) in [4.78, 5) is 4.35. The first-order valence-corrected chi connectivity index (χ1v) is 4.81. The van der Waals surface area contributed by atoms with Gasteiger partial charge in [0.25, 0.3) is 0 Å². The molecule has 2 atom stereocenters. The number of hydrogen-bond donors (Lipinski definition) is 0. The van der Waals surface area contributed by atoms with Gasteiger partial charge in [0.2, 0.25) is 0 Å². The van der Waals surface area contributed by atoms with Crippen molar-refractivity contribution in [2.75, 3.05) is 14.2 Å². The van der Waals surface area contributed by atoms with Gasteiger partial charge in [0.1, 0.15) is 0 Å². The van der Waals surface area contributed by atoms with E-state index in [4.69, 9.17) is 9.47 Å². The summed E-state index contributed by atoms with van der Waals surface area (Å²) < 4.78 is 12.9. The number of rotatable bonds is 2. The molecular weight excluding hydrogens is 180 g/mol. The Hall–Kier alpha value is -0.870. The topological polar surface area (TPSA) is 36.3 Å². The minimum Gasteiger partial charge on any atom is -0.378 e. The summed E-state index contributed by atoms with van der Waals surface area (Å²) >= 11 is 0. The first-order valence-electron chi connectivity index (χ1n) is 4.81. The van der Waals surface area contributed by atoms with Crippen LogP contribution in [0.2, 0.25) is 0 Å². The molecule has 1 aliphatic rings. The zero-order valence-electron chi connectivity index (χ0n) is 8.86. The third kappa shape index (κ3) is 1.44. The molecule has 0 N–H and O–H groups in total. The summed E-state index contributed by atoms with van der Waals surface area (Å²) in [6.07, 6.45) is 3.90. The maximum Gasteiger partial charge on any atom is 0.0949 e. The van der Waals surface area contributed by atoms with Gasteiger partial charge in [-0.2, -0.15) is 0 Å². The van der Waals surface area contributed by atoms with Gasteiger partial charge in [-0.25, -0.2) is 4.98 Å². The van der Waals surface area contributed by atoms with E-state index in [2.05, 4.69) is 9.55 Å². The van der Waals surface area contributed by atoms with Crippen LogP contribution in [0.4, 0.5) is 0 Å². The van der Waals surface area contributed by atoms with E-state index in [0.29, 0.717) is 0 Å². The van der Waals surface area contributed by atoms with Crippen LogP contribution >= 0.6 is 0 Å². The van der Waals surface area contributed by atoms with Gasteiger partial charge >= 0.3 is 0 Å². The molecule has 1 aromatic rings. The lowest BCUT2D eigenvalue weighted by atomic mass is 9.95. The normalized spacial score (nSPS) is 26.2. The molecule has 1 aromatic heterocycles. The first-order chi connectivity index (χ1) is 6.76. The smallest absolute Gasteiger partial charge is 0.0949 e. The molecule has 2 rings (SSSR count). The van der Waals surface area contributed by atoms with Crippen molar-refractivity contribution in [2.45, 2.75) is 25.0 Å². The second-order valence-electron chi connectivity index (χ2n) is 3.71. The monoisotopic (exact) mass is 196 g/mol. The Morgan fingerprint density at radius 3 is 2.57 bits per heavy atom. The van der Waals surface area contributed by atoms with E-state index in [1.54, 1.807) is 14.2 Å². The molecule has 4 heteroatoms. The highest BCUT2D eigenvalue weighted by Gasteiger charge is 2.30. The lowest BCUT2D eigenvalue weighted by molar-refractivity contribution is -0.0411. The van der Waals surface area contributed by atoms with Crippen molar-refractivity contribution < 1.29 is 9.47 Å². The summed E-state index contributed by atoms with van der Waals surface area (Å²) in [6.45, 7) is 0. The van der Waals surface area contributed by atoms with E-state index in [1.807, 2.05) is 13.4 Å². The van der Waals surface area contributed by atoms with E-state index in [0.717, 1.165) is 18.5 Å². The van der Waals surface area contributed by atoms with E-state index >= 15 is 0 Å². The number of fused-ring (bicyclic) bond motifs is 1. The van der Waals surface area contributed by atoms with Crippen molar-refractivity contribution in [3.8, 4) is 0 Å². The Labute approximate surface area is 83.8 Å². The molecule has 0 saturated heterocycles. The van der Waals surface area contributed by atoms with Gasteiger partial charge in [0.15, 0.2) is 0 Å². The number of imidazole rings is 1. The number of hydrogen-bond acceptors (Lipinski definition) is 3. The minimum absolute atomic E-state index is 0.141. The molecule has 4 nitrogen and oxygen atoms in total. The SMILES string of the molecule is COC1Cc2ncn(C)c2CC1OC. The zero-order valence-corrected chi connectivity index (χ0v) is 8.86. The Morgan fingerprint density at radius 1 is 1.29 bits per heavy atom. The standard InChI is InChI=1S/C10H16N2O2/c1-12-6-11-7-4-9(13-2)10(14-3)5-8(7)12/h6,9-10H,4-5H2,1-3H3. The molecule has 0 aromatic carbocycles. The summed E-state index contributed by atoms with van der Waals surface area (Å²) in [5.41, 5.74) is 2.41. The predicted octanol–water partition coefficient (Wildman–Crippen LogP) is 0.549. The molecule has 2 unspecified atom stereocenters. The van der Waals surface area contributed by atoms with Crippen LogP contribution in [0.1, 0.15) is 11.4 Å². The fraction of sp³-hybridized carbons (Fsp3) is 0.700. The second-order valence-corrected chi connectivity index (χ2v) is 3.71. The fourth-order valence-corrected chi connectivity index (χ4v) is 2.05. The van der Waals surface area contributed by atoms with Gasteiger partial charge in [-0.3, -0.25) is 0 Å². The van der Waals surface area contributed by atoms with Crippen LogP contribution in [0.15, 0.2) is 6.33 Å². The second kappa shape index (κ2) is 3.71. The molecular formula is C10H16N2O2. The van der Waals surface area contributed by atoms with Crippen molar-refractivity contribution in [1.29, 1.82) is 0 Å². The van der Waals surface area contributed by atoms with Gasteiger partial charge in [0.05, 0.1) is 24.2 Å². The number of aromatic nitrogens is 2. The molecule has 78 valence electrons. The first kappa shape index (κ1) is 9.68. The summed E-state index contributed by atoms with van der Waals surface area (Å²) in [5.74, 6) is 0. The maximum absolute atomic E-state index is 5.41. The molecule has 0 aliphatic heterocycles. The average Bonchev–Trinajstić information content (AvgIpc) is 2.58. The van der Waals surface area contributed by atoms with Crippen molar-refractivity contribution in [2.24, 2.45) is 7.05 Å². The third-order valence-corrected chi connectivity index (χ3v) is 2.95. The van der Waals surface area contributed by atoms with Crippen molar-refractivity contribution in [3.63, 3.8) is 0 Å². The molecule has 1 aliphatic carbocycles. The quantitative estimate of drug-likeness (QED) is 0.693. The fourth-order valence-electron chi connectivity index (χ4n) is 2.05. The Morgan fingerprint density at radius 2 is 1.93 bits per heavy atom. The largest absolute Gasteiger partial charge is 0.378 e. The average molecular weight is 196 g/mol. The Balaban J connectivity index is 2.26. The van der Waals surface area contributed by atoms with E-state index < -0.39 is 0 Å². The molecule has 0 bridgehead atoms. The number of aryl methyl sites for hydroxylation is 1. The van der Waals surface area contributed by atoms with E-state index in [1.165, 1.54) is 5.69 Å². The molecule has 0 spiro atoms. The van der Waals surface area contributed by atoms with Crippen LogP contribution in [0.25, 0.3) is 0 Å². The zero-order chi connectivity index (χ0) is 10.1. The molecule has 14 heavy (non-hydrogen) atoms. The molecule has 0 amide bonds.